The summed E-state index contributed by atoms with van der Waals surface area (Å²) >= 11 is 0. The van der Waals surface area contributed by atoms with Gasteiger partial charge in [0.2, 0.25) is 0 Å². The van der Waals surface area contributed by atoms with Gasteiger partial charge in [0.05, 0.1) is 24.9 Å². The number of hydrogen-bond donors (Lipinski definition) is 1. The third-order valence-electron chi connectivity index (χ3n) is 3.90. The van der Waals surface area contributed by atoms with E-state index >= 15 is 0 Å². The Morgan fingerprint density at radius 1 is 1.24 bits per heavy atom. The third kappa shape index (κ3) is 4.19. The lowest BCUT2D eigenvalue weighted by atomic mass is 9.99. The monoisotopic (exact) mass is 292 g/mol. The largest absolute Gasteiger partial charge is 0.491 e. The van der Waals surface area contributed by atoms with Crippen LogP contribution in [0.15, 0.2) is 24.3 Å². The number of nitrogens with zero attached hydrogens (tertiary/aromatic N) is 1. The molecule has 1 aliphatic heterocycles. The summed E-state index contributed by atoms with van der Waals surface area (Å²) in [7, 11) is 0. The predicted molar refractivity (Wildman–Crippen MR) is 85.6 cm³/mol. The van der Waals surface area contributed by atoms with Crippen molar-refractivity contribution >= 4 is 0 Å². The highest BCUT2D eigenvalue weighted by atomic mass is 16.5. The van der Waals surface area contributed by atoms with Crippen LogP contribution in [-0.2, 0) is 4.74 Å². The summed E-state index contributed by atoms with van der Waals surface area (Å²) in [4.78, 5) is 2.42. The van der Waals surface area contributed by atoms with Gasteiger partial charge in [-0.15, -0.1) is 0 Å². The smallest absolute Gasteiger partial charge is 0.124 e. The van der Waals surface area contributed by atoms with Gasteiger partial charge in [-0.05, 0) is 33.8 Å². The first-order chi connectivity index (χ1) is 9.99. The number of hydrogen-bond acceptors (Lipinski definition) is 4. The molecule has 1 heterocycles. The molecule has 4 heteroatoms. The van der Waals surface area contributed by atoms with E-state index in [2.05, 4.69) is 18.7 Å². The second-order valence-electron chi connectivity index (χ2n) is 6.23. The van der Waals surface area contributed by atoms with Gasteiger partial charge in [-0.3, -0.25) is 4.90 Å². The second kappa shape index (κ2) is 7.25. The number of rotatable bonds is 5. The Hall–Kier alpha value is -1.10. The Morgan fingerprint density at radius 2 is 1.95 bits per heavy atom. The van der Waals surface area contributed by atoms with Crippen LogP contribution in [0.5, 0.6) is 5.75 Å². The van der Waals surface area contributed by atoms with Crippen LogP contribution in [0.1, 0.15) is 39.3 Å². The van der Waals surface area contributed by atoms with E-state index in [0.717, 1.165) is 31.0 Å². The topological polar surface area (TPSA) is 47.7 Å². The maximum atomic E-state index is 6.48. The van der Waals surface area contributed by atoms with Gasteiger partial charge in [0, 0.05) is 24.7 Å². The molecule has 0 bridgehead atoms. The van der Waals surface area contributed by atoms with Crippen molar-refractivity contribution in [3.8, 4) is 5.75 Å². The number of benzene rings is 1. The van der Waals surface area contributed by atoms with E-state index in [4.69, 9.17) is 15.2 Å². The summed E-state index contributed by atoms with van der Waals surface area (Å²) in [5, 5.41) is 0. The minimum absolute atomic E-state index is 0.0121. The lowest BCUT2D eigenvalue weighted by Gasteiger charge is -2.38. The van der Waals surface area contributed by atoms with Gasteiger partial charge < -0.3 is 15.2 Å². The predicted octanol–water partition coefficient (Wildman–Crippen LogP) is 2.58. The number of ether oxygens (including phenoxy) is 2. The molecule has 1 aromatic carbocycles. The van der Waals surface area contributed by atoms with Gasteiger partial charge in [0.25, 0.3) is 0 Å². The molecule has 0 aliphatic carbocycles. The zero-order valence-electron chi connectivity index (χ0n) is 13.6. The average Bonchev–Trinajstić information content (AvgIpc) is 2.46. The molecule has 0 aromatic heterocycles. The maximum absolute atomic E-state index is 6.48. The quantitative estimate of drug-likeness (QED) is 0.906. The summed E-state index contributed by atoms with van der Waals surface area (Å²) in [6, 6.07) is 8.37. The maximum Gasteiger partial charge on any atom is 0.124 e. The summed E-state index contributed by atoms with van der Waals surface area (Å²) < 4.78 is 11.8. The molecule has 1 aliphatic rings. The summed E-state index contributed by atoms with van der Waals surface area (Å²) in [6.45, 7) is 11.1. The van der Waals surface area contributed by atoms with Crippen LogP contribution in [0.2, 0.25) is 0 Å². The Balaban J connectivity index is 2.14. The fourth-order valence-electron chi connectivity index (χ4n) is 2.70. The van der Waals surface area contributed by atoms with E-state index in [1.165, 1.54) is 0 Å². The number of nitrogens with two attached hydrogens (primary N) is 1. The first-order valence-electron chi connectivity index (χ1n) is 7.86. The lowest BCUT2D eigenvalue weighted by molar-refractivity contribution is -0.0506. The molecule has 1 fully saturated rings. The first-order valence-corrected chi connectivity index (χ1v) is 7.86. The normalized spacial score (nSPS) is 21.8. The van der Waals surface area contributed by atoms with Gasteiger partial charge >= 0.3 is 0 Å². The van der Waals surface area contributed by atoms with Crippen LogP contribution < -0.4 is 10.5 Å². The van der Waals surface area contributed by atoms with Crippen LogP contribution in [0.25, 0.3) is 0 Å². The van der Waals surface area contributed by atoms with Crippen molar-refractivity contribution in [1.82, 2.24) is 4.90 Å². The second-order valence-corrected chi connectivity index (χ2v) is 6.23. The van der Waals surface area contributed by atoms with Crippen LogP contribution in [0.4, 0.5) is 0 Å². The molecule has 4 nitrogen and oxygen atoms in total. The highest BCUT2D eigenvalue weighted by molar-refractivity contribution is 5.36. The SMILES string of the molecule is CC(C)Oc1ccccc1C(N)C1CN(C(C)C)CCO1. The van der Waals surface area contributed by atoms with Crippen LogP contribution in [-0.4, -0.2) is 42.8 Å². The molecule has 0 radical (unpaired) electrons. The van der Waals surface area contributed by atoms with Crippen LogP contribution in [0.3, 0.4) is 0 Å². The van der Waals surface area contributed by atoms with Crippen molar-refractivity contribution in [2.45, 2.75) is 52.0 Å². The fraction of sp³-hybridized carbons (Fsp3) is 0.647. The van der Waals surface area contributed by atoms with Crippen LogP contribution >= 0.6 is 0 Å². The molecule has 2 N–H and O–H groups in total. The van der Waals surface area contributed by atoms with E-state index < -0.39 is 0 Å². The van der Waals surface area contributed by atoms with Crippen molar-refractivity contribution in [2.24, 2.45) is 5.73 Å². The minimum Gasteiger partial charge on any atom is -0.491 e. The van der Waals surface area contributed by atoms with Crippen molar-refractivity contribution in [3.63, 3.8) is 0 Å². The lowest BCUT2D eigenvalue weighted by Crippen LogP contribution is -2.49. The molecule has 0 saturated carbocycles. The Morgan fingerprint density at radius 3 is 2.62 bits per heavy atom. The zero-order valence-corrected chi connectivity index (χ0v) is 13.6. The molecule has 0 spiro atoms. The first kappa shape index (κ1) is 16.3. The van der Waals surface area contributed by atoms with Gasteiger partial charge in [0.1, 0.15) is 5.75 Å². The van der Waals surface area contributed by atoms with Crippen LogP contribution in [0, 0.1) is 0 Å². The molecule has 2 atom stereocenters. The summed E-state index contributed by atoms with van der Waals surface area (Å²) in [5.74, 6) is 0.866. The molecule has 2 unspecified atom stereocenters. The number of morpholine rings is 1. The fourth-order valence-corrected chi connectivity index (χ4v) is 2.70. The highest BCUT2D eigenvalue weighted by Crippen LogP contribution is 2.29. The Labute approximate surface area is 128 Å². The standard InChI is InChI=1S/C17H28N2O2/c1-12(2)19-9-10-20-16(11-19)17(18)14-7-5-6-8-15(14)21-13(3)4/h5-8,12-13,16-17H,9-11,18H2,1-4H3. The van der Waals surface area contributed by atoms with Crippen molar-refractivity contribution in [1.29, 1.82) is 0 Å². The summed E-state index contributed by atoms with van der Waals surface area (Å²) in [5.41, 5.74) is 7.51. The van der Waals surface area contributed by atoms with E-state index in [1.54, 1.807) is 0 Å². The van der Waals surface area contributed by atoms with Gasteiger partial charge in [-0.25, -0.2) is 0 Å². The molecule has 21 heavy (non-hydrogen) atoms. The van der Waals surface area contributed by atoms with Gasteiger partial charge in [0.15, 0.2) is 0 Å². The van der Waals surface area contributed by atoms with Crippen molar-refractivity contribution in [2.75, 3.05) is 19.7 Å². The molecular formula is C17H28N2O2. The molecule has 1 aromatic rings. The van der Waals surface area contributed by atoms with Crippen molar-refractivity contribution < 1.29 is 9.47 Å². The minimum atomic E-state index is -0.165. The Kier molecular flexibility index (Phi) is 5.62. The zero-order chi connectivity index (χ0) is 15.4. The number of para-hydroxylation sites is 1. The van der Waals surface area contributed by atoms with Gasteiger partial charge in [-0.2, -0.15) is 0 Å². The molecule has 0 amide bonds. The summed E-state index contributed by atoms with van der Waals surface area (Å²) in [6.07, 6.45) is 0.149. The third-order valence-corrected chi connectivity index (χ3v) is 3.90. The Bertz CT molecular complexity index is 448. The van der Waals surface area contributed by atoms with Gasteiger partial charge in [-0.1, -0.05) is 18.2 Å². The van der Waals surface area contributed by atoms with E-state index in [-0.39, 0.29) is 18.2 Å². The van der Waals surface area contributed by atoms with Crippen molar-refractivity contribution in [3.05, 3.63) is 29.8 Å². The molecule has 1 saturated heterocycles. The van der Waals surface area contributed by atoms with E-state index in [0.29, 0.717) is 6.04 Å². The highest BCUT2D eigenvalue weighted by Gasteiger charge is 2.29. The average molecular weight is 292 g/mol. The molecule has 118 valence electrons. The molecular weight excluding hydrogens is 264 g/mol. The molecule has 2 rings (SSSR count). The van der Waals surface area contributed by atoms with E-state index in [9.17, 15) is 0 Å². The van der Waals surface area contributed by atoms with E-state index in [1.807, 2.05) is 38.1 Å².